The summed E-state index contributed by atoms with van der Waals surface area (Å²) in [5, 5.41) is 10.2. The van der Waals surface area contributed by atoms with E-state index in [1.165, 1.54) is 12.1 Å². The van der Waals surface area contributed by atoms with Crippen molar-refractivity contribution < 1.29 is 17.9 Å². The molecule has 2 unspecified atom stereocenters. The number of thioether (sulfide) groups is 1. The van der Waals surface area contributed by atoms with E-state index in [0.29, 0.717) is 18.5 Å². The van der Waals surface area contributed by atoms with Crippen LogP contribution < -0.4 is 15.8 Å². The molecule has 9 heteroatoms. The van der Waals surface area contributed by atoms with E-state index in [1.807, 2.05) is 6.92 Å². The zero-order valence-electron chi connectivity index (χ0n) is 13.4. The summed E-state index contributed by atoms with van der Waals surface area (Å²) >= 11 is 1.09. The van der Waals surface area contributed by atoms with E-state index in [4.69, 9.17) is 11.1 Å². The Morgan fingerprint density at radius 2 is 2.12 bits per heavy atom. The topological polar surface area (TPSA) is 83.5 Å². The van der Waals surface area contributed by atoms with Crippen LogP contribution in [0.3, 0.4) is 0 Å². The highest BCUT2D eigenvalue weighted by Gasteiger charge is 2.32. The first-order valence-electron chi connectivity index (χ1n) is 7.32. The molecule has 134 valence electrons. The minimum absolute atomic E-state index is 0.0792. The molecule has 0 bridgehead atoms. The van der Waals surface area contributed by atoms with E-state index in [2.05, 4.69) is 15.0 Å². The van der Waals surface area contributed by atoms with Gasteiger partial charge in [0.15, 0.2) is 5.17 Å². The average Bonchev–Trinajstić information content (AvgIpc) is 2.45. The largest absolute Gasteiger partial charge is 0.573 e. The zero-order chi connectivity index (χ0) is 18.2. The van der Waals surface area contributed by atoms with Gasteiger partial charge in [0.25, 0.3) is 0 Å². The number of benzene rings is 1. The molecule has 0 aromatic heterocycles. The molecule has 0 radical (unpaired) electrons. The summed E-state index contributed by atoms with van der Waals surface area (Å²) in [5.74, 6) is -0.251. The number of ether oxygens (including phenoxy) is 1. The van der Waals surface area contributed by atoms with Gasteiger partial charge in [0.05, 0.1) is 5.37 Å². The number of nitrogens with one attached hydrogen (secondary N) is 2. The van der Waals surface area contributed by atoms with Crippen molar-refractivity contribution in [2.75, 3.05) is 6.54 Å². The van der Waals surface area contributed by atoms with Gasteiger partial charge in [-0.1, -0.05) is 30.0 Å². The summed E-state index contributed by atoms with van der Waals surface area (Å²) in [5.41, 5.74) is 5.79. The number of aliphatic imine (C=N–C) groups is 1. The molecule has 0 amide bonds. The van der Waals surface area contributed by atoms with Crippen molar-refractivity contribution in [1.29, 1.82) is 5.41 Å². The number of nitrogens with two attached hydrogens (primary N) is 1. The van der Waals surface area contributed by atoms with Crippen LogP contribution in [0, 0.1) is 5.41 Å². The molecule has 0 aliphatic carbocycles. The molecule has 4 N–H and O–H groups in total. The Kier molecular flexibility index (Phi) is 8.06. The number of hydrogen-bond acceptors (Lipinski definition) is 5. The van der Waals surface area contributed by atoms with Crippen LogP contribution in [-0.2, 0) is 0 Å². The van der Waals surface area contributed by atoms with Crippen LogP contribution in [-0.4, -0.2) is 29.7 Å². The maximum absolute atomic E-state index is 12.5. The summed E-state index contributed by atoms with van der Waals surface area (Å²) in [4.78, 5) is 4.10. The first-order chi connectivity index (χ1) is 11.2. The lowest BCUT2D eigenvalue weighted by molar-refractivity contribution is -0.275. The van der Waals surface area contributed by atoms with Crippen LogP contribution in [0.2, 0.25) is 0 Å². The summed E-state index contributed by atoms with van der Waals surface area (Å²) in [6.07, 6.45) is -2.56. The third-order valence-electron chi connectivity index (χ3n) is 2.95. The first-order valence-corrected chi connectivity index (χ1v) is 8.20. The Bertz CT molecular complexity index is 566. The van der Waals surface area contributed by atoms with Gasteiger partial charge >= 0.3 is 6.36 Å². The fourth-order valence-electron chi connectivity index (χ4n) is 2.03. The second-order valence-electron chi connectivity index (χ2n) is 4.86. The Hall–Kier alpha value is -1.74. The van der Waals surface area contributed by atoms with Crippen molar-refractivity contribution in [2.45, 2.75) is 38.0 Å². The van der Waals surface area contributed by atoms with Crippen LogP contribution in [0.1, 0.15) is 31.9 Å². The van der Waals surface area contributed by atoms with Crippen LogP contribution in [0.25, 0.3) is 0 Å². The highest BCUT2D eigenvalue weighted by atomic mass is 32.2. The van der Waals surface area contributed by atoms with E-state index in [1.54, 1.807) is 25.3 Å². The molecule has 0 spiro atoms. The molecule has 0 saturated carbocycles. The molecule has 1 aromatic carbocycles. The Morgan fingerprint density at radius 1 is 1.46 bits per heavy atom. The number of amidine groups is 1. The van der Waals surface area contributed by atoms with Crippen molar-refractivity contribution in [3.05, 3.63) is 29.8 Å². The van der Waals surface area contributed by atoms with Gasteiger partial charge in [-0.2, -0.15) is 0 Å². The average molecular weight is 362 g/mol. The van der Waals surface area contributed by atoms with Gasteiger partial charge < -0.3 is 10.5 Å². The zero-order valence-corrected chi connectivity index (χ0v) is 14.2. The summed E-state index contributed by atoms with van der Waals surface area (Å²) < 4.78 is 41.6. The maximum atomic E-state index is 12.5. The number of para-hydroxylation sites is 1. The van der Waals surface area contributed by atoms with E-state index < -0.39 is 12.4 Å². The van der Waals surface area contributed by atoms with Gasteiger partial charge in [-0.15, -0.1) is 13.2 Å². The van der Waals surface area contributed by atoms with Crippen molar-refractivity contribution in [3.8, 4) is 5.75 Å². The Morgan fingerprint density at radius 3 is 2.71 bits per heavy atom. The fraction of sp³-hybridized carbons (Fsp3) is 0.467. The predicted molar refractivity (Wildman–Crippen MR) is 91.6 cm³/mol. The number of nitrogens with zero attached hydrogens (tertiary/aromatic N) is 1. The molecule has 0 fully saturated rings. The first kappa shape index (κ1) is 20.3. The molecule has 0 aliphatic heterocycles. The lowest BCUT2D eigenvalue weighted by Gasteiger charge is -2.23. The van der Waals surface area contributed by atoms with Crippen molar-refractivity contribution in [2.24, 2.45) is 10.7 Å². The van der Waals surface area contributed by atoms with E-state index >= 15 is 0 Å². The third kappa shape index (κ3) is 7.69. The van der Waals surface area contributed by atoms with Crippen molar-refractivity contribution in [1.82, 2.24) is 5.32 Å². The molecule has 24 heavy (non-hydrogen) atoms. The molecule has 0 heterocycles. The van der Waals surface area contributed by atoms with Crippen molar-refractivity contribution in [3.63, 3.8) is 0 Å². The predicted octanol–water partition coefficient (Wildman–Crippen LogP) is 3.67. The smallest absolute Gasteiger partial charge is 0.405 e. The third-order valence-corrected chi connectivity index (χ3v) is 3.81. The van der Waals surface area contributed by atoms with Crippen LogP contribution >= 0.6 is 11.8 Å². The van der Waals surface area contributed by atoms with Gasteiger partial charge in [-0.3, -0.25) is 15.7 Å². The molecular weight excluding hydrogens is 341 g/mol. The van der Waals surface area contributed by atoms with Crippen LogP contribution in [0.5, 0.6) is 5.75 Å². The van der Waals surface area contributed by atoms with E-state index in [-0.39, 0.29) is 16.3 Å². The highest BCUT2D eigenvalue weighted by Crippen LogP contribution is 2.31. The van der Waals surface area contributed by atoms with Gasteiger partial charge in [0.1, 0.15) is 5.75 Å². The Balaban J connectivity index is 2.88. The van der Waals surface area contributed by atoms with Gasteiger partial charge in [-0.25, -0.2) is 0 Å². The normalized spacial score (nSPS) is 14.5. The Labute approximate surface area is 143 Å². The molecule has 0 aliphatic rings. The van der Waals surface area contributed by atoms with Gasteiger partial charge in [-0.05, 0) is 19.9 Å². The summed E-state index contributed by atoms with van der Waals surface area (Å²) in [6.45, 7) is 4.25. The number of hydrogen-bond donors (Lipinski definition) is 3. The quantitative estimate of drug-likeness (QED) is 0.374. The molecule has 1 aromatic rings. The number of rotatable bonds is 8. The summed E-state index contributed by atoms with van der Waals surface area (Å²) in [6, 6.07) is 5.52. The molecule has 5 nitrogen and oxygen atoms in total. The number of alkyl halides is 3. The molecule has 2 atom stereocenters. The standard InChI is InChI=1S/C15H21F3N4OS/c1-3-21-9-8-13(24-14(19)20)22-10(2)11-6-4-5-7-12(11)23-15(16,17)18/h4-7,9-10,13,22H,3,8H2,1-2H3,(H3,19,20)/b21-9-. The molecular formula is C15H21F3N4OS. The van der Waals surface area contributed by atoms with Crippen LogP contribution in [0.4, 0.5) is 13.2 Å². The van der Waals surface area contributed by atoms with Gasteiger partial charge in [0, 0.05) is 30.8 Å². The van der Waals surface area contributed by atoms with Gasteiger partial charge in [0.2, 0.25) is 0 Å². The maximum Gasteiger partial charge on any atom is 0.573 e. The molecule has 1 rings (SSSR count). The lowest BCUT2D eigenvalue weighted by atomic mass is 10.1. The van der Waals surface area contributed by atoms with Crippen LogP contribution in [0.15, 0.2) is 29.3 Å². The summed E-state index contributed by atoms with van der Waals surface area (Å²) in [7, 11) is 0. The lowest BCUT2D eigenvalue weighted by Crippen LogP contribution is -2.32. The monoisotopic (exact) mass is 362 g/mol. The van der Waals surface area contributed by atoms with Crippen molar-refractivity contribution >= 4 is 23.1 Å². The minimum atomic E-state index is -4.75. The molecule has 0 saturated heterocycles. The van der Waals surface area contributed by atoms with E-state index in [9.17, 15) is 13.2 Å². The number of halogens is 3. The minimum Gasteiger partial charge on any atom is -0.405 e. The fourth-order valence-corrected chi connectivity index (χ4v) is 2.79. The SMILES string of the molecule is CC/N=C\CC(NC(C)c1ccccc1OC(F)(F)F)SC(=N)N. The second kappa shape index (κ2) is 9.53. The second-order valence-corrected chi connectivity index (χ2v) is 6.11. The van der Waals surface area contributed by atoms with E-state index in [0.717, 1.165) is 11.8 Å². The highest BCUT2D eigenvalue weighted by molar-refractivity contribution is 8.14.